The van der Waals surface area contributed by atoms with Gasteiger partial charge in [-0.2, -0.15) is 5.01 Å². The van der Waals surface area contributed by atoms with Gasteiger partial charge in [0, 0.05) is 6.54 Å². The van der Waals surface area contributed by atoms with E-state index in [4.69, 9.17) is 9.47 Å². The predicted molar refractivity (Wildman–Crippen MR) is 103 cm³/mol. The van der Waals surface area contributed by atoms with E-state index in [2.05, 4.69) is 5.43 Å². The maximum absolute atomic E-state index is 12.5. The maximum atomic E-state index is 12.5. The van der Waals surface area contributed by atoms with Gasteiger partial charge in [0.2, 0.25) is 11.8 Å². The Kier molecular flexibility index (Phi) is 7.33. The third-order valence-corrected chi connectivity index (χ3v) is 4.11. The third-order valence-electron chi connectivity index (χ3n) is 4.11. The summed E-state index contributed by atoms with van der Waals surface area (Å²) in [5, 5.41) is 1.23. The van der Waals surface area contributed by atoms with Gasteiger partial charge in [-0.1, -0.05) is 30.3 Å². The Morgan fingerprint density at radius 3 is 2.45 bits per heavy atom. The fourth-order valence-electron chi connectivity index (χ4n) is 2.65. The van der Waals surface area contributed by atoms with Crippen molar-refractivity contribution in [2.45, 2.75) is 52.4 Å². The van der Waals surface area contributed by atoms with E-state index < -0.39 is 35.5 Å². The SMILES string of the molecule is C[C@@H]1C(=O)N(CCC(=O)OCc2ccccc2)C(=O)CN1NC(=O)OC(C)(C)C. The number of carbonyl (C=O) groups is 4. The Labute approximate surface area is 169 Å². The molecule has 9 nitrogen and oxygen atoms in total. The molecular formula is C20H27N3O6. The molecule has 2 rings (SSSR count). The lowest BCUT2D eigenvalue weighted by molar-refractivity contribution is -0.157. The number of carbonyl (C=O) groups excluding carboxylic acids is 4. The average molecular weight is 405 g/mol. The number of piperazine rings is 1. The van der Waals surface area contributed by atoms with E-state index in [1.807, 2.05) is 30.3 Å². The van der Waals surface area contributed by atoms with Gasteiger partial charge in [-0.05, 0) is 33.3 Å². The van der Waals surface area contributed by atoms with Crippen molar-refractivity contribution in [3.63, 3.8) is 0 Å². The van der Waals surface area contributed by atoms with E-state index in [-0.39, 0.29) is 26.1 Å². The number of benzene rings is 1. The molecule has 0 spiro atoms. The molecule has 9 heteroatoms. The summed E-state index contributed by atoms with van der Waals surface area (Å²) in [5.41, 5.74) is 2.57. The quantitative estimate of drug-likeness (QED) is 0.566. The summed E-state index contributed by atoms with van der Waals surface area (Å²) in [7, 11) is 0. The Morgan fingerprint density at radius 1 is 1.17 bits per heavy atom. The first-order valence-corrected chi connectivity index (χ1v) is 9.37. The molecular weight excluding hydrogens is 378 g/mol. The van der Waals surface area contributed by atoms with Crippen LogP contribution in [-0.2, 0) is 30.5 Å². The standard InChI is InChI=1S/C20H27N3O6/c1-14-18(26)22(11-10-17(25)28-13-15-8-6-5-7-9-15)16(24)12-23(14)21-19(27)29-20(2,3)4/h5-9,14H,10-13H2,1-4H3,(H,21,27)/t14-/m1/s1. The van der Waals surface area contributed by atoms with Crippen molar-refractivity contribution in [2.75, 3.05) is 13.1 Å². The van der Waals surface area contributed by atoms with Crippen LogP contribution in [0, 0.1) is 0 Å². The van der Waals surface area contributed by atoms with Gasteiger partial charge in [0.1, 0.15) is 18.2 Å². The average Bonchev–Trinajstić information content (AvgIpc) is 2.63. The largest absolute Gasteiger partial charge is 0.461 e. The number of imide groups is 1. The van der Waals surface area contributed by atoms with Crippen molar-refractivity contribution in [3.8, 4) is 0 Å². The lowest BCUT2D eigenvalue weighted by atomic mass is 10.2. The van der Waals surface area contributed by atoms with Crippen molar-refractivity contribution in [2.24, 2.45) is 0 Å². The Bertz CT molecular complexity index is 759. The molecule has 1 saturated heterocycles. The summed E-state index contributed by atoms with van der Waals surface area (Å²) in [5.74, 6) is -1.52. The van der Waals surface area contributed by atoms with Crippen LogP contribution in [0.15, 0.2) is 30.3 Å². The number of ether oxygens (including phenoxy) is 2. The summed E-state index contributed by atoms with van der Waals surface area (Å²) in [6, 6.07) is 8.43. The van der Waals surface area contributed by atoms with Gasteiger partial charge in [0.05, 0.1) is 13.0 Å². The van der Waals surface area contributed by atoms with E-state index in [0.717, 1.165) is 10.5 Å². The van der Waals surface area contributed by atoms with Gasteiger partial charge in [0.15, 0.2) is 0 Å². The highest BCUT2D eigenvalue weighted by atomic mass is 16.6. The fourth-order valence-corrected chi connectivity index (χ4v) is 2.65. The van der Waals surface area contributed by atoms with Crippen LogP contribution in [0.25, 0.3) is 0 Å². The zero-order valence-corrected chi connectivity index (χ0v) is 17.1. The fraction of sp³-hybridized carbons (Fsp3) is 0.500. The van der Waals surface area contributed by atoms with E-state index in [1.54, 1.807) is 27.7 Å². The third kappa shape index (κ3) is 6.86. The van der Waals surface area contributed by atoms with Crippen LogP contribution in [0.5, 0.6) is 0 Å². The van der Waals surface area contributed by atoms with Gasteiger partial charge in [-0.25, -0.2) is 4.79 Å². The van der Waals surface area contributed by atoms with Crippen molar-refractivity contribution in [3.05, 3.63) is 35.9 Å². The molecule has 1 atom stereocenters. The Hall–Kier alpha value is -2.94. The van der Waals surface area contributed by atoms with Gasteiger partial charge in [0.25, 0.3) is 0 Å². The maximum Gasteiger partial charge on any atom is 0.422 e. The molecule has 0 saturated carbocycles. The summed E-state index contributed by atoms with van der Waals surface area (Å²) in [4.78, 5) is 49.7. The van der Waals surface area contributed by atoms with Crippen LogP contribution in [0.2, 0.25) is 0 Å². The highest BCUT2D eigenvalue weighted by molar-refractivity contribution is 6.01. The minimum absolute atomic E-state index is 0.0735. The molecule has 1 aromatic rings. The molecule has 3 amide bonds. The minimum Gasteiger partial charge on any atom is -0.461 e. The van der Waals surface area contributed by atoms with Gasteiger partial charge in [-0.3, -0.25) is 24.7 Å². The zero-order valence-electron chi connectivity index (χ0n) is 17.1. The molecule has 29 heavy (non-hydrogen) atoms. The van der Waals surface area contributed by atoms with E-state index in [0.29, 0.717) is 0 Å². The molecule has 0 radical (unpaired) electrons. The summed E-state index contributed by atoms with van der Waals surface area (Å²) in [6.45, 7) is 6.54. The second kappa shape index (κ2) is 9.51. The van der Waals surface area contributed by atoms with Crippen LogP contribution >= 0.6 is 0 Å². The number of hydrogen-bond donors (Lipinski definition) is 1. The lowest BCUT2D eigenvalue weighted by Crippen LogP contribution is -2.63. The predicted octanol–water partition coefficient (Wildman–Crippen LogP) is 1.62. The number of nitrogens with one attached hydrogen (secondary N) is 1. The molecule has 0 aliphatic carbocycles. The van der Waals surface area contributed by atoms with Crippen LogP contribution in [0.4, 0.5) is 4.79 Å². The number of rotatable bonds is 6. The minimum atomic E-state index is -0.777. The topological polar surface area (TPSA) is 105 Å². The molecule has 1 aliphatic heterocycles. The Balaban J connectivity index is 1.84. The monoisotopic (exact) mass is 405 g/mol. The van der Waals surface area contributed by atoms with Gasteiger partial charge < -0.3 is 9.47 Å². The van der Waals surface area contributed by atoms with E-state index in [9.17, 15) is 19.2 Å². The smallest absolute Gasteiger partial charge is 0.422 e. The molecule has 0 aromatic heterocycles. The zero-order chi connectivity index (χ0) is 21.6. The number of esters is 1. The first kappa shape index (κ1) is 22.4. The van der Waals surface area contributed by atoms with Crippen LogP contribution < -0.4 is 5.43 Å². The molecule has 0 unspecified atom stereocenters. The summed E-state index contributed by atoms with van der Waals surface area (Å²) >= 11 is 0. The lowest BCUT2D eigenvalue weighted by Gasteiger charge is -2.37. The van der Waals surface area contributed by atoms with E-state index >= 15 is 0 Å². The Morgan fingerprint density at radius 2 is 1.83 bits per heavy atom. The molecule has 1 aromatic carbocycles. The second-order valence-corrected chi connectivity index (χ2v) is 7.70. The highest BCUT2D eigenvalue weighted by Gasteiger charge is 2.38. The molecule has 0 bridgehead atoms. The number of hydrazine groups is 1. The molecule has 1 heterocycles. The summed E-state index contributed by atoms with van der Waals surface area (Å²) in [6.07, 6.45) is -0.848. The van der Waals surface area contributed by atoms with E-state index in [1.165, 1.54) is 5.01 Å². The van der Waals surface area contributed by atoms with Crippen molar-refractivity contribution in [1.82, 2.24) is 15.3 Å². The number of nitrogens with zero attached hydrogens (tertiary/aromatic N) is 2. The first-order valence-electron chi connectivity index (χ1n) is 9.37. The van der Waals surface area contributed by atoms with Crippen molar-refractivity contribution >= 4 is 23.9 Å². The van der Waals surface area contributed by atoms with Gasteiger partial charge >= 0.3 is 12.1 Å². The second-order valence-electron chi connectivity index (χ2n) is 7.70. The molecule has 1 fully saturated rings. The number of amides is 3. The van der Waals surface area contributed by atoms with Crippen LogP contribution in [0.3, 0.4) is 0 Å². The van der Waals surface area contributed by atoms with Crippen molar-refractivity contribution in [1.29, 1.82) is 0 Å². The van der Waals surface area contributed by atoms with Crippen LogP contribution in [0.1, 0.15) is 39.7 Å². The molecule has 1 aliphatic rings. The van der Waals surface area contributed by atoms with Crippen LogP contribution in [-0.4, -0.2) is 58.5 Å². The number of hydrogen-bond acceptors (Lipinski definition) is 7. The molecule has 158 valence electrons. The van der Waals surface area contributed by atoms with Gasteiger partial charge in [-0.15, -0.1) is 0 Å². The first-order chi connectivity index (χ1) is 13.6. The summed E-state index contributed by atoms with van der Waals surface area (Å²) < 4.78 is 10.3. The normalized spacial score (nSPS) is 17.8. The highest BCUT2D eigenvalue weighted by Crippen LogP contribution is 2.13. The molecule has 1 N–H and O–H groups in total. The van der Waals surface area contributed by atoms with Crippen molar-refractivity contribution < 1.29 is 28.7 Å².